The van der Waals surface area contributed by atoms with Crippen molar-refractivity contribution in [3.05, 3.63) is 5.51 Å². The molecule has 1 heterocycles. The van der Waals surface area contributed by atoms with E-state index in [1.807, 2.05) is 0 Å². The number of aliphatic carboxylic acids is 1. The summed E-state index contributed by atoms with van der Waals surface area (Å²) in [5, 5.41) is 20.2. The van der Waals surface area contributed by atoms with Crippen LogP contribution < -0.4 is 10.6 Å². The van der Waals surface area contributed by atoms with Crippen molar-refractivity contribution in [2.24, 2.45) is 0 Å². The SMILES string of the molecule is O=C(O)CCCCC(=O)NC(=O)Nc1nncs1. The molecular formula is C9H12N4O4S. The number of carboxylic acids is 1. The average molecular weight is 272 g/mol. The van der Waals surface area contributed by atoms with Crippen molar-refractivity contribution in [2.75, 3.05) is 5.32 Å². The lowest BCUT2D eigenvalue weighted by Gasteiger charge is -2.03. The summed E-state index contributed by atoms with van der Waals surface area (Å²) in [6.07, 6.45) is 0.950. The van der Waals surface area contributed by atoms with Crippen molar-refractivity contribution >= 4 is 34.4 Å². The predicted octanol–water partition coefficient (Wildman–Crippen LogP) is 0.831. The van der Waals surface area contributed by atoms with Crippen molar-refractivity contribution < 1.29 is 19.5 Å². The second-order valence-corrected chi connectivity index (χ2v) is 4.18. The van der Waals surface area contributed by atoms with Crippen molar-refractivity contribution in [1.29, 1.82) is 0 Å². The van der Waals surface area contributed by atoms with E-state index in [-0.39, 0.29) is 12.8 Å². The first-order valence-corrected chi connectivity index (χ1v) is 6.04. The van der Waals surface area contributed by atoms with Gasteiger partial charge in [0, 0.05) is 12.8 Å². The smallest absolute Gasteiger partial charge is 0.327 e. The molecule has 0 saturated carbocycles. The minimum atomic E-state index is -0.899. The number of urea groups is 1. The van der Waals surface area contributed by atoms with Crippen LogP contribution >= 0.6 is 11.3 Å². The van der Waals surface area contributed by atoms with Gasteiger partial charge in [0.15, 0.2) is 0 Å². The molecular weight excluding hydrogens is 260 g/mol. The zero-order valence-corrected chi connectivity index (χ0v) is 10.2. The van der Waals surface area contributed by atoms with Gasteiger partial charge in [0.05, 0.1) is 0 Å². The molecule has 3 amide bonds. The van der Waals surface area contributed by atoms with E-state index in [2.05, 4.69) is 20.8 Å². The second kappa shape index (κ2) is 7.33. The van der Waals surface area contributed by atoms with Crippen LogP contribution in [0.4, 0.5) is 9.93 Å². The molecule has 0 aliphatic heterocycles. The highest BCUT2D eigenvalue weighted by atomic mass is 32.1. The summed E-state index contributed by atoms with van der Waals surface area (Å²) >= 11 is 1.13. The molecule has 0 unspecified atom stereocenters. The highest BCUT2D eigenvalue weighted by molar-refractivity contribution is 7.13. The van der Waals surface area contributed by atoms with E-state index in [0.29, 0.717) is 18.0 Å². The van der Waals surface area contributed by atoms with Crippen LogP contribution in [0.25, 0.3) is 0 Å². The van der Waals surface area contributed by atoms with Gasteiger partial charge in [0.2, 0.25) is 11.0 Å². The van der Waals surface area contributed by atoms with E-state index in [1.54, 1.807) is 0 Å². The largest absolute Gasteiger partial charge is 0.481 e. The van der Waals surface area contributed by atoms with Crippen LogP contribution in [0, 0.1) is 0 Å². The average Bonchev–Trinajstić information content (AvgIpc) is 2.76. The number of carboxylic acid groups (broad SMARTS) is 1. The lowest BCUT2D eigenvalue weighted by atomic mass is 10.2. The van der Waals surface area contributed by atoms with Gasteiger partial charge in [-0.05, 0) is 12.8 Å². The Bertz CT molecular complexity index is 420. The minimum absolute atomic E-state index is 0.0181. The number of carbonyl (C=O) groups is 3. The summed E-state index contributed by atoms with van der Waals surface area (Å²) in [7, 11) is 0. The highest BCUT2D eigenvalue weighted by Crippen LogP contribution is 2.07. The number of amides is 3. The standard InChI is InChI=1S/C9H12N4O4S/c14-6(3-1-2-4-7(15)16)11-8(17)12-9-13-10-5-18-9/h5H,1-4H2,(H,15,16)(H2,11,12,13,14,17). The number of unbranched alkanes of at least 4 members (excludes halogenated alkanes) is 1. The summed E-state index contributed by atoms with van der Waals surface area (Å²) in [4.78, 5) is 32.8. The number of hydrogen-bond acceptors (Lipinski definition) is 6. The number of aromatic nitrogens is 2. The maximum atomic E-state index is 11.3. The Hall–Kier alpha value is -2.03. The summed E-state index contributed by atoms with van der Waals surface area (Å²) in [5.41, 5.74) is 1.45. The molecule has 1 rings (SSSR count). The number of hydrogen-bond donors (Lipinski definition) is 3. The predicted molar refractivity (Wildman–Crippen MR) is 63.2 cm³/mol. The van der Waals surface area contributed by atoms with E-state index in [1.165, 1.54) is 5.51 Å². The van der Waals surface area contributed by atoms with Gasteiger partial charge in [-0.1, -0.05) is 11.3 Å². The van der Waals surface area contributed by atoms with E-state index >= 15 is 0 Å². The first-order valence-electron chi connectivity index (χ1n) is 5.16. The number of anilines is 1. The number of rotatable bonds is 6. The van der Waals surface area contributed by atoms with Crippen LogP contribution in [0.3, 0.4) is 0 Å². The fourth-order valence-electron chi connectivity index (χ4n) is 1.11. The summed E-state index contributed by atoms with van der Waals surface area (Å²) in [5.74, 6) is -1.35. The van der Waals surface area contributed by atoms with Crippen LogP contribution in [0.1, 0.15) is 25.7 Å². The van der Waals surface area contributed by atoms with Gasteiger partial charge in [-0.15, -0.1) is 10.2 Å². The summed E-state index contributed by atoms with van der Waals surface area (Å²) < 4.78 is 0. The molecule has 0 saturated heterocycles. The Morgan fingerprint density at radius 2 is 2.00 bits per heavy atom. The molecule has 98 valence electrons. The quantitative estimate of drug-likeness (QED) is 0.659. The van der Waals surface area contributed by atoms with Gasteiger partial charge in [0.1, 0.15) is 5.51 Å². The van der Waals surface area contributed by atoms with Crippen molar-refractivity contribution in [3.63, 3.8) is 0 Å². The summed E-state index contributed by atoms with van der Waals surface area (Å²) in [6, 6.07) is -0.671. The Morgan fingerprint density at radius 1 is 1.28 bits per heavy atom. The molecule has 8 nitrogen and oxygen atoms in total. The molecule has 1 aromatic rings. The monoisotopic (exact) mass is 272 g/mol. The van der Waals surface area contributed by atoms with Crippen molar-refractivity contribution in [1.82, 2.24) is 15.5 Å². The molecule has 1 aromatic heterocycles. The van der Waals surface area contributed by atoms with Gasteiger partial charge in [0.25, 0.3) is 0 Å². The Morgan fingerprint density at radius 3 is 2.61 bits per heavy atom. The molecule has 0 radical (unpaired) electrons. The van der Waals surface area contributed by atoms with E-state index < -0.39 is 17.9 Å². The molecule has 0 spiro atoms. The topological polar surface area (TPSA) is 121 Å². The van der Waals surface area contributed by atoms with Gasteiger partial charge in [-0.3, -0.25) is 20.2 Å². The van der Waals surface area contributed by atoms with Crippen LogP contribution in [0.15, 0.2) is 5.51 Å². The molecule has 9 heteroatoms. The molecule has 0 atom stereocenters. The zero-order valence-electron chi connectivity index (χ0n) is 9.38. The lowest BCUT2D eigenvalue weighted by molar-refractivity contribution is -0.137. The summed E-state index contributed by atoms with van der Waals surface area (Å²) in [6.45, 7) is 0. The van der Waals surface area contributed by atoms with Crippen molar-refractivity contribution in [3.8, 4) is 0 Å². The van der Waals surface area contributed by atoms with Gasteiger partial charge >= 0.3 is 12.0 Å². The first-order chi connectivity index (χ1) is 8.58. The minimum Gasteiger partial charge on any atom is -0.481 e. The molecule has 3 N–H and O–H groups in total. The first kappa shape index (κ1) is 14.0. The van der Waals surface area contributed by atoms with Gasteiger partial charge < -0.3 is 5.11 Å². The van der Waals surface area contributed by atoms with Gasteiger partial charge in [-0.2, -0.15) is 0 Å². The third-order valence-corrected chi connectivity index (χ3v) is 2.48. The second-order valence-electron chi connectivity index (χ2n) is 3.35. The third kappa shape index (κ3) is 5.89. The van der Waals surface area contributed by atoms with Crippen LogP contribution in [0.2, 0.25) is 0 Å². The van der Waals surface area contributed by atoms with Crippen LogP contribution in [-0.2, 0) is 9.59 Å². The lowest BCUT2D eigenvalue weighted by Crippen LogP contribution is -2.34. The Kier molecular flexibility index (Phi) is 5.71. The van der Waals surface area contributed by atoms with Gasteiger partial charge in [-0.25, -0.2) is 4.79 Å². The maximum Gasteiger partial charge on any atom is 0.327 e. The van der Waals surface area contributed by atoms with E-state index in [0.717, 1.165) is 11.3 Å². The van der Waals surface area contributed by atoms with Crippen LogP contribution in [0.5, 0.6) is 0 Å². The molecule has 0 aromatic carbocycles. The Balaban J connectivity index is 2.15. The van der Waals surface area contributed by atoms with E-state index in [9.17, 15) is 14.4 Å². The fourth-order valence-corrected chi connectivity index (χ4v) is 1.55. The maximum absolute atomic E-state index is 11.3. The molecule has 0 aliphatic carbocycles. The number of nitrogens with one attached hydrogen (secondary N) is 2. The number of imide groups is 1. The normalized spacial score (nSPS) is 9.78. The Labute approximate surface area is 106 Å². The highest BCUT2D eigenvalue weighted by Gasteiger charge is 2.09. The molecule has 0 bridgehead atoms. The van der Waals surface area contributed by atoms with E-state index in [4.69, 9.17) is 5.11 Å². The fraction of sp³-hybridized carbons (Fsp3) is 0.444. The zero-order chi connectivity index (χ0) is 13.4. The molecule has 0 aliphatic rings. The molecule has 18 heavy (non-hydrogen) atoms. The molecule has 0 fully saturated rings. The van der Waals surface area contributed by atoms with Crippen molar-refractivity contribution in [2.45, 2.75) is 25.7 Å². The number of carbonyl (C=O) groups excluding carboxylic acids is 2. The number of nitrogens with zero attached hydrogens (tertiary/aromatic N) is 2. The third-order valence-electron chi connectivity index (χ3n) is 1.88. The van der Waals surface area contributed by atoms with Crippen LogP contribution in [-0.4, -0.2) is 33.2 Å².